The van der Waals surface area contributed by atoms with Crippen LogP contribution in [0.25, 0.3) is 0 Å². The quantitative estimate of drug-likeness (QED) is 0.861. The lowest BCUT2D eigenvalue weighted by Gasteiger charge is -2.35. The Kier molecular flexibility index (Phi) is 5.78. The van der Waals surface area contributed by atoms with Gasteiger partial charge in [-0.2, -0.15) is 0 Å². The van der Waals surface area contributed by atoms with E-state index in [0.717, 1.165) is 50.6 Å². The van der Waals surface area contributed by atoms with Crippen molar-refractivity contribution in [3.63, 3.8) is 0 Å². The van der Waals surface area contributed by atoms with E-state index in [1.807, 2.05) is 35.0 Å². The maximum Gasteiger partial charge on any atom is 0.254 e. The van der Waals surface area contributed by atoms with Crippen molar-refractivity contribution in [3.05, 3.63) is 23.8 Å². The predicted molar refractivity (Wildman–Crippen MR) is 104 cm³/mol. The number of nitrogens with zero attached hydrogens (tertiary/aromatic N) is 4. The summed E-state index contributed by atoms with van der Waals surface area (Å²) in [5.41, 5.74) is 2.33. The van der Waals surface area contributed by atoms with Crippen LogP contribution < -0.4 is 10.2 Å². The van der Waals surface area contributed by atoms with E-state index in [-0.39, 0.29) is 11.8 Å². The summed E-state index contributed by atoms with van der Waals surface area (Å²) < 4.78 is 0. The first kappa shape index (κ1) is 18.7. The molecule has 26 heavy (non-hydrogen) atoms. The molecule has 0 aromatic heterocycles. The highest BCUT2D eigenvalue weighted by atomic mass is 16.2. The molecule has 2 heterocycles. The Morgan fingerprint density at radius 2 is 1.88 bits per heavy atom. The van der Waals surface area contributed by atoms with Crippen molar-refractivity contribution in [1.82, 2.24) is 14.7 Å². The zero-order chi connectivity index (χ0) is 18.7. The number of rotatable bonds is 4. The topological polar surface area (TPSA) is 59.1 Å². The molecular formula is C19H29N5O2. The van der Waals surface area contributed by atoms with Gasteiger partial charge < -0.3 is 20.0 Å². The summed E-state index contributed by atoms with van der Waals surface area (Å²) in [4.78, 5) is 33.3. The molecule has 1 fully saturated rings. The molecule has 0 aliphatic carbocycles. The minimum Gasteiger partial charge on any atom is -0.372 e. The highest BCUT2D eigenvalue weighted by Gasteiger charge is 2.24. The first-order chi connectivity index (χ1) is 12.4. The molecule has 0 unspecified atom stereocenters. The predicted octanol–water partition coefficient (Wildman–Crippen LogP) is 0.784. The minimum absolute atomic E-state index is 0.00490. The summed E-state index contributed by atoms with van der Waals surface area (Å²) >= 11 is 0. The van der Waals surface area contributed by atoms with E-state index in [2.05, 4.69) is 29.2 Å². The van der Waals surface area contributed by atoms with Crippen LogP contribution in [0.1, 0.15) is 16.8 Å². The molecule has 1 N–H and O–H groups in total. The zero-order valence-electron chi connectivity index (χ0n) is 16.0. The Morgan fingerprint density at radius 1 is 1.15 bits per heavy atom. The molecule has 142 valence electrons. The Labute approximate surface area is 155 Å². The first-order valence-corrected chi connectivity index (χ1v) is 9.25. The number of hydrogen-bond donors (Lipinski definition) is 1. The second-order valence-electron chi connectivity index (χ2n) is 7.39. The number of amides is 2. The van der Waals surface area contributed by atoms with E-state index in [0.29, 0.717) is 18.5 Å². The fraction of sp³-hybridized carbons (Fsp3) is 0.579. The molecule has 1 aromatic carbocycles. The summed E-state index contributed by atoms with van der Waals surface area (Å²) in [5, 5.41) is 2.92. The van der Waals surface area contributed by atoms with E-state index in [1.54, 1.807) is 0 Å². The third-order valence-corrected chi connectivity index (χ3v) is 5.13. The maximum absolute atomic E-state index is 12.9. The second-order valence-corrected chi connectivity index (χ2v) is 7.39. The second kappa shape index (κ2) is 8.05. The highest BCUT2D eigenvalue weighted by Crippen LogP contribution is 2.29. The van der Waals surface area contributed by atoms with Crippen LogP contribution in [0.5, 0.6) is 0 Å². The van der Waals surface area contributed by atoms with Crippen LogP contribution >= 0.6 is 0 Å². The summed E-state index contributed by atoms with van der Waals surface area (Å²) in [6.45, 7) is 6.05. The minimum atomic E-state index is -0.00490. The van der Waals surface area contributed by atoms with Gasteiger partial charge in [-0.1, -0.05) is 0 Å². The maximum atomic E-state index is 12.9. The zero-order valence-corrected chi connectivity index (χ0v) is 16.0. The molecule has 0 spiro atoms. The smallest absolute Gasteiger partial charge is 0.254 e. The fourth-order valence-electron chi connectivity index (χ4n) is 3.40. The molecule has 1 aromatic rings. The van der Waals surface area contributed by atoms with Crippen LogP contribution in [0.4, 0.5) is 11.4 Å². The van der Waals surface area contributed by atoms with Crippen molar-refractivity contribution in [1.29, 1.82) is 0 Å². The average Bonchev–Trinajstić information content (AvgIpc) is 2.77. The van der Waals surface area contributed by atoms with Crippen LogP contribution in [0.15, 0.2) is 18.2 Å². The fourth-order valence-corrected chi connectivity index (χ4v) is 3.40. The number of carbonyl (C=O) groups excluding carboxylic acids is 2. The molecular weight excluding hydrogens is 330 g/mol. The Morgan fingerprint density at radius 3 is 2.58 bits per heavy atom. The number of piperazine rings is 1. The molecule has 0 atom stereocenters. The number of anilines is 2. The largest absolute Gasteiger partial charge is 0.372 e. The molecule has 0 bridgehead atoms. The lowest BCUT2D eigenvalue weighted by molar-refractivity contribution is -0.115. The first-order valence-electron chi connectivity index (χ1n) is 9.25. The van der Waals surface area contributed by atoms with Crippen LogP contribution in [0, 0.1) is 0 Å². The van der Waals surface area contributed by atoms with Gasteiger partial charge in [0, 0.05) is 64.8 Å². The molecule has 7 heteroatoms. The van der Waals surface area contributed by atoms with Crippen molar-refractivity contribution >= 4 is 23.2 Å². The molecule has 3 rings (SSSR count). The number of fused-ring (bicyclic) bond motifs is 1. The summed E-state index contributed by atoms with van der Waals surface area (Å²) in [6, 6.07) is 5.62. The number of hydrogen-bond acceptors (Lipinski definition) is 5. The SMILES string of the molecule is CN(C)CCN1CCN(C(=O)c2ccc3c(c2)NC(=O)CCN3C)CC1. The van der Waals surface area contributed by atoms with Gasteiger partial charge in [-0.3, -0.25) is 14.5 Å². The standard InChI is InChI=1S/C19H29N5O2/c1-21(2)8-9-23-10-12-24(13-11-23)19(26)15-4-5-17-16(14-15)20-18(25)6-7-22(17)3/h4-5,14H,6-13H2,1-3H3,(H,20,25). The molecule has 2 aliphatic rings. The monoisotopic (exact) mass is 359 g/mol. The number of benzene rings is 1. The number of likely N-dealkylation sites (N-methyl/N-ethyl adjacent to an activating group) is 1. The highest BCUT2D eigenvalue weighted by molar-refractivity contribution is 6.00. The van der Waals surface area contributed by atoms with Crippen molar-refractivity contribution < 1.29 is 9.59 Å². The van der Waals surface area contributed by atoms with E-state index in [1.165, 1.54) is 0 Å². The molecule has 2 amide bonds. The van der Waals surface area contributed by atoms with Gasteiger partial charge >= 0.3 is 0 Å². The van der Waals surface area contributed by atoms with Crippen molar-refractivity contribution in [3.8, 4) is 0 Å². The van der Waals surface area contributed by atoms with Crippen LogP contribution in [-0.4, -0.2) is 93.5 Å². The van der Waals surface area contributed by atoms with Gasteiger partial charge in [0.25, 0.3) is 5.91 Å². The molecule has 2 aliphatic heterocycles. The molecule has 0 radical (unpaired) electrons. The summed E-state index contributed by atoms with van der Waals surface area (Å²) in [5.74, 6) is 0.0379. The third kappa shape index (κ3) is 4.34. The molecule has 0 saturated carbocycles. The Balaban J connectivity index is 1.65. The Bertz CT molecular complexity index is 668. The average molecular weight is 359 g/mol. The van der Waals surface area contributed by atoms with E-state index >= 15 is 0 Å². The third-order valence-electron chi connectivity index (χ3n) is 5.13. The lowest BCUT2D eigenvalue weighted by atomic mass is 10.1. The van der Waals surface area contributed by atoms with E-state index in [4.69, 9.17) is 0 Å². The normalized spacial score (nSPS) is 18.5. The number of nitrogens with one attached hydrogen (secondary N) is 1. The van der Waals surface area contributed by atoms with Gasteiger partial charge in [-0.15, -0.1) is 0 Å². The van der Waals surface area contributed by atoms with Crippen LogP contribution in [0.2, 0.25) is 0 Å². The van der Waals surface area contributed by atoms with Gasteiger partial charge in [-0.25, -0.2) is 0 Å². The lowest BCUT2D eigenvalue weighted by Crippen LogP contribution is -2.50. The van der Waals surface area contributed by atoms with Crippen molar-refractivity contribution in [2.24, 2.45) is 0 Å². The van der Waals surface area contributed by atoms with Crippen molar-refractivity contribution in [2.45, 2.75) is 6.42 Å². The number of carbonyl (C=O) groups is 2. The van der Waals surface area contributed by atoms with E-state index < -0.39 is 0 Å². The van der Waals surface area contributed by atoms with Crippen LogP contribution in [-0.2, 0) is 4.79 Å². The van der Waals surface area contributed by atoms with Gasteiger partial charge in [0.15, 0.2) is 0 Å². The van der Waals surface area contributed by atoms with Gasteiger partial charge in [0.05, 0.1) is 11.4 Å². The van der Waals surface area contributed by atoms with Crippen molar-refractivity contribution in [2.75, 3.05) is 77.2 Å². The molecule has 7 nitrogen and oxygen atoms in total. The Hall–Kier alpha value is -2.12. The van der Waals surface area contributed by atoms with Gasteiger partial charge in [-0.05, 0) is 32.3 Å². The van der Waals surface area contributed by atoms with Gasteiger partial charge in [0.2, 0.25) is 5.91 Å². The molecule has 1 saturated heterocycles. The van der Waals surface area contributed by atoms with E-state index in [9.17, 15) is 9.59 Å². The van der Waals surface area contributed by atoms with Crippen LogP contribution in [0.3, 0.4) is 0 Å². The van der Waals surface area contributed by atoms with Gasteiger partial charge in [0.1, 0.15) is 0 Å². The summed E-state index contributed by atoms with van der Waals surface area (Å²) in [6.07, 6.45) is 0.462. The summed E-state index contributed by atoms with van der Waals surface area (Å²) in [7, 11) is 6.12.